The quantitative estimate of drug-likeness (QED) is 0.840. The van der Waals surface area contributed by atoms with E-state index in [2.05, 4.69) is 10.3 Å². The molecule has 0 aliphatic heterocycles. The molecule has 18 heavy (non-hydrogen) atoms. The molecule has 0 aromatic carbocycles. The van der Waals surface area contributed by atoms with Gasteiger partial charge in [-0.05, 0) is 18.9 Å². The highest BCUT2D eigenvalue weighted by Crippen LogP contribution is 2.28. The maximum atomic E-state index is 11.9. The van der Waals surface area contributed by atoms with Crippen LogP contribution in [0.2, 0.25) is 0 Å². The second kappa shape index (κ2) is 5.35. The van der Waals surface area contributed by atoms with E-state index < -0.39 is 5.60 Å². The highest BCUT2D eigenvalue weighted by molar-refractivity contribution is 5.92. The number of pyridine rings is 1. The number of aliphatic hydroxyl groups is 1. The lowest BCUT2D eigenvalue weighted by Crippen LogP contribution is -2.41. The highest BCUT2D eigenvalue weighted by Gasteiger charge is 2.31. The zero-order chi connectivity index (χ0) is 13.0. The van der Waals surface area contributed by atoms with Gasteiger partial charge in [-0.2, -0.15) is 0 Å². The SMILES string of the molecule is COc1ccnc(C(=O)NCC2(O)CCCC2)c1. The van der Waals surface area contributed by atoms with Crippen LogP contribution in [0.3, 0.4) is 0 Å². The van der Waals surface area contributed by atoms with Crippen molar-refractivity contribution in [1.29, 1.82) is 0 Å². The fourth-order valence-electron chi connectivity index (χ4n) is 2.21. The molecular weight excluding hydrogens is 232 g/mol. The number of carbonyl (C=O) groups excluding carboxylic acids is 1. The lowest BCUT2D eigenvalue weighted by molar-refractivity contribution is 0.0448. The van der Waals surface area contributed by atoms with Crippen LogP contribution in [0, 0.1) is 0 Å². The summed E-state index contributed by atoms with van der Waals surface area (Å²) in [5.74, 6) is 0.309. The van der Waals surface area contributed by atoms with E-state index in [4.69, 9.17) is 4.74 Å². The van der Waals surface area contributed by atoms with Crippen molar-refractivity contribution in [2.75, 3.05) is 13.7 Å². The van der Waals surface area contributed by atoms with Crippen molar-refractivity contribution in [3.05, 3.63) is 24.0 Å². The Morgan fingerprint density at radius 2 is 2.28 bits per heavy atom. The lowest BCUT2D eigenvalue weighted by atomic mass is 10.0. The highest BCUT2D eigenvalue weighted by atomic mass is 16.5. The van der Waals surface area contributed by atoms with Crippen molar-refractivity contribution in [3.63, 3.8) is 0 Å². The lowest BCUT2D eigenvalue weighted by Gasteiger charge is -2.22. The van der Waals surface area contributed by atoms with Crippen molar-refractivity contribution in [1.82, 2.24) is 10.3 Å². The van der Waals surface area contributed by atoms with Gasteiger partial charge in [0.05, 0.1) is 12.7 Å². The number of nitrogens with one attached hydrogen (secondary N) is 1. The fourth-order valence-corrected chi connectivity index (χ4v) is 2.21. The zero-order valence-corrected chi connectivity index (χ0v) is 10.5. The Labute approximate surface area is 106 Å². The number of rotatable bonds is 4. The molecule has 1 aromatic rings. The molecule has 1 amide bonds. The summed E-state index contributed by atoms with van der Waals surface area (Å²) in [6.45, 7) is 0.282. The molecule has 1 fully saturated rings. The molecule has 0 unspecified atom stereocenters. The Kier molecular flexibility index (Phi) is 3.81. The van der Waals surface area contributed by atoms with E-state index in [1.54, 1.807) is 12.1 Å². The fraction of sp³-hybridized carbons (Fsp3) is 0.538. The van der Waals surface area contributed by atoms with Gasteiger partial charge < -0.3 is 15.2 Å². The topological polar surface area (TPSA) is 71.5 Å². The van der Waals surface area contributed by atoms with Gasteiger partial charge in [-0.1, -0.05) is 12.8 Å². The minimum atomic E-state index is -0.742. The van der Waals surface area contributed by atoms with Gasteiger partial charge in [0.1, 0.15) is 11.4 Å². The second-order valence-electron chi connectivity index (χ2n) is 4.70. The average molecular weight is 250 g/mol. The Balaban J connectivity index is 1.94. The molecule has 0 bridgehead atoms. The second-order valence-corrected chi connectivity index (χ2v) is 4.70. The van der Waals surface area contributed by atoms with Crippen molar-refractivity contribution >= 4 is 5.91 Å². The summed E-state index contributed by atoms with van der Waals surface area (Å²) >= 11 is 0. The van der Waals surface area contributed by atoms with Crippen LogP contribution in [0.1, 0.15) is 36.2 Å². The van der Waals surface area contributed by atoms with E-state index in [0.29, 0.717) is 11.4 Å². The molecule has 1 saturated carbocycles. The van der Waals surface area contributed by atoms with Gasteiger partial charge in [0, 0.05) is 18.8 Å². The third-order valence-electron chi connectivity index (χ3n) is 3.31. The standard InChI is InChI=1S/C13H18N2O3/c1-18-10-4-7-14-11(8-10)12(16)15-9-13(17)5-2-3-6-13/h4,7-8,17H,2-3,5-6,9H2,1H3,(H,15,16). The summed E-state index contributed by atoms with van der Waals surface area (Å²) in [6, 6.07) is 3.26. The van der Waals surface area contributed by atoms with E-state index in [0.717, 1.165) is 25.7 Å². The molecular formula is C13H18N2O3. The predicted molar refractivity (Wildman–Crippen MR) is 66.5 cm³/mol. The molecule has 0 saturated heterocycles. The summed E-state index contributed by atoms with van der Waals surface area (Å²) in [4.78, 5) is 15.9. The van der Waals surface area contributed by atoms with Gasteiger partial charge in [0.25, 0.3) is 5.91 Å². The first-order valence-electron chi connectivity index (χ1n) is 6.14. The van der Waals surface area contributed by atoms with Gasteiger partial charge in [-0.25, -0.2) is 0 Å². The van der Waals surface area contributed by atoms with Crippen molar-refractivity contribution in [3.8, 4) is 5.75 Å². The van der Waals surface area contributed by atoms with Crippen LogP contribution in [0.25, 0.3) is 0 Å². The van der Waals surface area contributed by atoms with Crippen molar-refractivity contribution < 1.29 is 14.6 Å². The van der Waals surface area contributed by atoms with Crippen LogP contribution >= 0.6 is 0 Å². The maximum absolute atomic E-state index is 11.9. The molecule has 1 aliphatic carbocycles. The zero-order valence-electron chi connectivity index (χ0n) is 10.5. The number of methoxy groups -OCH3 is 1. The van der Waals surface area contributed by atoms with Crippen molar-refractivity contribution in [2.24, 2.45) is 0 Å². The van der Waals surface area contributed by atoms with Crippen LogP contribution in [0.5, 0.6) is 5.75 Å². The summed E-state index contributed by atoms with van der Waals surface area (Å²) in [5.41, 5.74) is -0.440. The van der Waals surface area contributed by atoms with Crippen LogP contribution in [-0.2, 0) is 0 Å². The Bertz CT molecular complexity index is 428. The smallest absolute Gasteiger partial charge is 0.270 e. The minimum Gasteiger partial charge on any atom is -0.497 e. The summed E-state index contributed by atoms with van der Waals surface area (Å²) in [7, 11) is 1.54. The van der Waals surface area contributed by atoms with E-state index in [-0.39, 0.29) is 12.5 Å². The average Bonchev–Trinajstić information content (AvgIpc) is 2.83. The summed E-state index contributed by atoms with van der Waals surface area (Å²) in [5, 5.41) is 12.9. The first-order chi connectivity index (χ1) is 8.63. The van der Waals surface area contributed by atoms with Gasteiger partial charge in [0.15, 0.2) is 0 Å². The van der Waals surface area contributed by atoms with Gasteiger partial charge in [-0.15, -0.1) is 0 Å². The largest absolute Gasteiger partial charge is 0.497 e. The molecule has 1 aliphatic rings. The maximum Gasteiger partial charge on any atom is 0.270 e. The summed E-state index contributed by atoms with van der Waals surface area (Å²) < 4.78 is 5.03. The molecule has 2 rings (SSSR count). The van der Waals surface area contributed by atoms with Crippen LogP contribution < -0.4 is 10.1 Å². The summed E-state index contributed by atoms with van der Waals surface area (Å²) in [6.07, 6.45) is 5.06. The molecule has 1 heterocycles. The van der Waals surface area contributed by atoms with Gasteiger partial charge in [0.2, 0.25) is 0 Å². The molecule has 0 spiro atoms. The van der Waals surface area contributed by atoms with E-state index in [9.17, 15) is 9.90 Å². The third-order valence-corrected chi connectivity index (χ3v) is 3.31. The predicted octanol–water partition coefficient (Wildman–Crippen LogP) is 1.13. The monoisotopic (exact) mass is 250 g/mol. The van der Waals surface area contributed by atoms with Crippen LogP contribution in [-0.4, -0.2) is 35.3 Å². The number of carbonyl (C=O) groups is 1. The third kappa shape index (κ3) is 2.98. The molecule has 1 aromatic heterocycles. The molecule has 0 atom stereocenters. The number of amides is 1. The van der Waals surface area contributed by atoms with E-state index in [1.807, 2.05) is 0 Å². The number of ether oxygens (including phenoxy) is 1. The van der Waals surface area contributed by atoms with E-state index in [1.165, 1.54) is 13.3 Å². The van der Waals surface area contributed by atoms with Crippen LogP contribution in [0.4, 0.5) is 0 Å². The first kappa shape index (κ1) is 12.8. The Hall–Kier alpha value is -1.62. The number of hydrogen-bond acceptors (Lipinski definition) is 4. The molecule has 98 valence electrons. The molecule has 5 heteroatoms. The normalized spacial score (nSPS) is 17.4. The number of nitrogens with zero attached hydrogens (tertiary/aromatic N) is 1. The van der Waals surface area contributed by atoms with Gasteiger partial charge >= 0.3 is 0 Å². The molecule has 5 nitrogen and oxygen atoms in total. The van der Waals surface area contributed by atoms with Crippen molar-refractivity contribution in [2.45, 2.75) is 31.3 Å². The Morgan fingerprint density at radius 3 is 2.94 bits per heavy atom. The molecule has 0 radical (unpaired) electrons. The minimum absolute atomic E-state index is 0.282. The first-order valence-corrected chi connectivity index (χ1v) is 6.14. The van der Waals surface area contributed by atoms with Crippen LogP contribution in [0.15, 0.2) is 18.3 Å². The number of aromatic nitrogens is 1. The number of hydrogen-bond donors (Lipinski definition) is 2. The van der Waals surface area contributed by atoms with E-state index >= 15 is 0 Å². The van der Waals surface area contributed by atoms with Gasteiger partial charge in [-0.3, -0.25) is 9.78 Å². The Morgan fingerprint density at radius 1 is 1.56 bits per heavy atom. The molecule has 2 N–H and O–H groups in total.